The Morgan fingerprint density at radius 1 is 1.40 bits per heavy atom. The molecular formula is C19H24FN3O2. The minimum Gasteiger partial charge on any atom is -0.361 e. The summed E-state index contributed by atoms with van der Waals surface area (Å²) in [5.74, 6) is -0.607. The minimum atomic E-state index is -0.626. The lowest BCUT2D eigenvalue weighted by Gasteiger charge is -2.34. The molecule has 6 heteroatoms. The number of aromatic amines is 1. The Bertz CT molecular complexity index is 812. The van der Waals surface area contributed by atoms with E-state index in [1.54, 1.807) is 12.3 Å². The van der Waals surface area contributed by atoms with Gasteiger partial charge in [0.1, 0.15) is 11.9 Å². The predicted molar refractivity (Wildman–Crippen MR) is 94.6 cm³/mol. The number of benzene rings is 1. The van der Waals surface area contributed by atoms with Gasteiger partial charge in [-0.25, -0.2) is 4.39 Å². The van der Waals surface area contributed by atoms with Crippen molar-refractivity contribution in [2.45, 2.75) is 51.6 Å². The Balaban J connectivity index is 1.88. The molecule has 0 spiro atoms. The minimum absolute atomic E-state index is 0.0610. The third-order valence-electron chi connectivity index (χ3n) is 5.00. The van der Waals surface area contributed by atoms with E-state index in [4.69, 9.17) is 0 Å². The van der Waals surface area contributed by atoms with Crippen molar-refractivity contribution in [2.75, 3.05) is 6.54 Å². The van der Waals surface area contributed by atoms with Gasteiger partial charge in [0.05, 0.1) is 0 Å². The van der Waals surface area contributed by atoms with Gasteiger partial charge in [-0.05, 0) is 50.5 Å². The molecule has 0 radical (unpaired) electrons. The lowest BCUT2D eigenvalue weighted by molar-refractivity contribution is -0.138. The number of likely N-dealkylation sites (tertiary alicyclic amines) is 1. The molecule has 3 rings (SSSR count). The van der Waals surface area contributed by atoms with Crippen molar-refractivity contribution in [1.29, 1.82) is 0 Å². The maximum Gasteiger partial charge on any atom is 0.245 e. The summed E-state index contributed by atoms with van der Waals surface area (Å²) in [6.45, 7) is 6.23. The van der Waals surface area contributed by atoms with E-state index in [1.807, 2.05) is 4.90 Å². The number of nitrogens with zero attached hydrogens (tertiary/aromatic N) is 1. The third kappa shape index (κ3) is 3.52. The number of hydrogen-bond donors (Lipinski definition) is 2. The van der Waals surface area contributed by atoms with E-state index in [2.05, 4.69) is 24.1 Å². The van der Waals surface area contributed by atoms with Crippen molar-refractivity contribution in [3.8, 4) is 0 Å². The number of fused-ring (bicyclic) bond motifs is 1. The second kappa shape index (κ2) is 6.50. The first-order chi connectivity index (χ1) is 11.8. The Labute approximate surface area is 146 Å². The van der Waals surface area contributed by atoms with E-state index in [1.165, 1.54) is 19.1 Å². The molecule has 1 aliphatic heterocycles. The zero-order valence-corrected chi connectivity index (χ0v) is 14.9. The molecule has 2 amide bonds. The van der Waals surface area contributed by atoms with Crippen LogP contribution < -0.4 is 5.32 Å². The maximum absolute atomic E-state index is 13.4. The summed E-state index contributed by atoms with van der Waals surface area (Å²) in [4.78, 5) is 29.6. The zero-order valence-electron chi connectivity index (χ0n) is 14.9. The van der Waals surface area contributed by atoms with Crippen LogP contribution in [0.15, 0.2) is 24.4 Å². The molecule has 1 aromatic carbocycles. The lowest BCUT2D eigenvalue weighted by atomic mass is 9.99. The fourth-order valence-corrected chi connectivity index (χ4v) is 3.70. The highest BCUT2D eigenvalue weighted by Crippen LogP contribution is 2.29. The quantitative estimate of drug-likeness (QED) is 0.895. The topological polar surface area (TPSA) is 65.2 Å². The summed E-state index contributed by atoms with van der Waals surface area (Å²) >= 11 is 0. The molecule has 1 atom stereocenters. The van der Waals surface area contributed by atoms with Gasteiger partial charge in [0.25, 0.3) is 0 Å². The molecule has 1 aliphatic rings. The molecular weight excluding hydrogens is 321 g/mol. The van der Waals surface area contributed by atoms with Crippen molar-refractivity contribution in [2.24, 2.45) is 0 Å². The fourth-order valence-electron chi connectivity index (χ4n) is 3.70. The van der Waals surface area contributed by atoms with Crippen molar-refractivity contribution in [3.63, 3.8) is 0 Å². The number of carbonyl (C=O) groups excluding carboxylic acids is 2. The van der Waals surface area contributed by atoms with Crippen molar-refractivity contribution in [1.82, 2.24) is 15.2 Å². The van der Waals surface area contributed by atoms with Gasteiger partial charge >= 0.3 is 0 Å². The number of hydrogen-bond acceptors (Lipinski definition) is 2. The first-order valence-electron chi connectivity index (χ1n) is 8.62. The summed E-state index contributed by atoms with van der Waals surface area (Å²) in [6.07, 6.45) is 4.08. The Morgan fingerprint density at radius 3 is 2.80 bits per heavy atom. The van der Waals surface area contributed by atoms with E-state index >= 15 is 0 Å². The van der Waals surface area contributed by atoms with Crippen LogP contribution in [0.3, 0.4) is 0 Å². The van der Waals surface area contributed by atoms with Crippen LogP contribution in [0.4, 0.5) is 4.39 Å². The predicted octanol–water partition coefficient (Wildman–Crippen LogP) is 2.76. The Hall–Kier alpha value is -2.37. The summed E-state index contributed by atoms with van der Waals surface area (Å²) in [6, 6.07) is 3.90. The zero-order chi connectivity index (χ0) is 18.2. The molecule has 1 aromatic heterocycles. The van der Waals surface area contributed by atoms with Crippen LogP contribution in [0.1, 0.15) is 39.2 Å². The van der Waals surface area contributed by atoms with Crippen LogP contribution in [0.2, 0.25) is 0 Å². The van der Waals surface area contributed by atoms with Gasteiger partial charge in [-0.1, -0.05) is 0 Å². The van der Waals surface area contributed by atoms with E-state index in [9.17, 15) is 14.0 Å². The Morgan fingerprint density at radius 2 is 2.16 bits per heavy atom. The molecule has 1 fully saturated rings. The van der Waals surface area contributed by atoms with Gasteiger partial charge in [0.2, 0.25) is 11.8 Å². The number of carbonyl (C=O) groups is 2. The van der Waals surface area contributed by atoms with Crippen molar-refractivity contribution >= 4 is 22.7 Å². The van der Waals surface area contributed by atoms with E-state index in [0.717, 1.165) is 23.8 Å². The van der Waals surface area contributed by atoms with Crippen LogP contribution in [-0.4, -0.2) is 39.8 Å². The van der Waals surface area contributed by atoms with Crippen LogP contribution in [-0.2, 0) is 16.0 Å². The van der Waals surface area contributed by atoms with E-state index < -0.39 is 6.04 Å². The normalized spacial score (nSPS) is 17.7. The average molecular weight is 345 g/mol. The molecule has 2 aromatic rings. The lowest BCUT2D eigenvalue weighted by Crippen LogP contribution is -2.53. The second-order valence-corrected chi connectivity index (χ2v) is 7.37. The van der Waals surface area contributed by atoms with Crippen LogP contribution in [0.5, 0.6) is 0 Å². The van der Waals surface area contributed by atoms with E-state index in [0.29, 0.717) is 18.5 Å². The van der Waals surface area contributed by atoms with Gasteiger partial charge < -0.3 is 15.2 Å². The SMILES string of the molecule is CC(=O)NC(Cc1c[nH]c2cc(F)ccc12)C(=O)N1CCCC1(C)C. The molecule has 1 unspecified atom stereocenters. The van der Waals surface area contributed by atoms with Crippen LogP contribution in [0.25, 0.3) is 10.9 Å². The summed E-state index contributed by atoms with van der Waals surface area (Å²) < 4.78 is 13.4. The van der Waals surface area contributed by atoms with Crippen molar-refractivity contribution < 1.29 is 14.0 Å². The molecule has 0 bridgehead atoms. The smallest absolute Gasteiger partial charge is 0.245 e. The average Bonchev–Trinajstić information content (AvgIpc) is 3.08. The van der Waals surface area contributed by atoms with Gasteiger partial charge in [-0.15, -0.1) is 0 Å². The number of aromatic nitrogens is 1. The largest absolute Gasteiger partial charge is 0.361 e. The van der Waals surface area contributed by atoms with Crippen LogP contribution >= 0.6 is 0 Å². The van der Waals surface area contributed by atoms with Gasteiger partial charge in [0, 0.05) is 42.5 Å². The first kappa shape index (κ1) is 17.5. The molecule has 25 heavy (non-hydrogen) atoms. The number of nitrogens with one attached hydrogen (secondary N) is 2. The molecule has 5 nitrogen and oxygen atoms in total. The van der Waals surface area contributed by atoms with Crippen molar-refractivity contribution in [3.05, 3.63) is 35.8 Å². The number of rotatable bonds is 4. The van der Waals surface area contributed by atoms with Gasteiger partial charge in [-0.2, -0.15) is 0 Å². The first-order valence-corrected chi connectivity index (χ1v) is 8.62. The number of H-pyrrole nitrogens is 1. The summed E-state index contributed by atoms with van der Waals surface area (Å²) in [7, 11) is 0. The highest BCUT2D eigenvalue weighted by Gasteiger charge is 2.38. The monoisotopic (exact) mass is 345 g/mol. The number of amides is 2. The van der Waals surface area contributed by atoms with Gasteiger partial charge in [0.15, 0.2) is 0 Å². The molecule has 134 valence electrons. The third-order valence-corrected chi connectivity index (χ3v) is 5.00. The van der Waals surface area contributed by atoms with Crippen LogP contribution in [0, 0.1) is 5.82 Å². The molecule has 1 saturated heterocycles. The molecule has 2 heterocycles. The summed E-state index contributed by atoms with van der Waals surface area (Å²) in [5, 5.41) is 3.66. The molecule has 0 aliphatic carbocycles. The molecule has 2 N–H and O–H groups in total. The fraction of sp³-hybridized carbons (Fsp3) is 0.474. The standard InChI is InChI=1S/C19H24FN3O2/c1-12(24)22-17(18(25)23-8-4-7-19(23,2)3)9-13-11-21-16-10-14(20)5-6-15(13)16/h5-6,10-11,17,21H,4,7-9H2,1-3H3,(H,22,24). The highest BCUT2D eigenvalue weighted by molar-refractivity contribution is 5.89. The van der Waals surface area contributed by atoms with Gasteiger partial charge in [-0.3, -0.25) is 9.59 Å². The Kier molecular flexibility index (Phi) is 4.54. The molecule has 0 saturated carbocycles. The highest BCUT2D eigenvalue weighted by atomic mass is 19.1. The number of halogens is 1. The van der Waals surface area contributed by atoms with E-state index in [-0.39, 0.29) is 23.2 Å². The maximum atomic E-state index is 13.4. The summed E-state index contributed by atoms with van der Waals surface area (Å²) in [5.41, 5.74) is 1.38. The second-order valence-electron chi connectivity index (χ2n) is 7.37.